The van der Waals surface area contributed by atoms with Gasteiger partial charge in [-0.05, 0) is 24.6 Å². The zero-order valence-electron chi connectivity index (χ0n) is 13.5. The number of ether oxygens (including phenoxy) is 1. The van der Waals surface area contributed by atoms with Crippen LogP contribution in [-0.4, -0.2) is 37.3 Å². The van der Waals surface area contributed by atoms with Crippen LogP contribution < -0.4 is 5.73 Å². The second-order valence-corrected chi connectivity index (χ2v) is 6.60. The van der Waals surface area contributed by atoms with Crippen molar-refractivity contribution in [2.75, 3.05) is 13.2 Å². The number of hydrogen-bond acceptors (Lipinski definition) is 5. The smallest absolute Gasteiger partial charge is 0.294 e. The van der Waals surface area contributed by atoms with E-state index in [0.717, 1.165) is 11.1 Å². The standard InChI is InChI=1S/C10H15NO2.C7H8O3S/c11-6-10(12)8-13-7-9-4-2-1-3-5-9;1-6-2-4-7(5-3-6)11(8,9)10/h1-5,10,12H,6-8,11H2;2-5H,1H3,(H,8,9,10)/t10-;/m1./s1. The van der Waals surface area contributed by atoms with E-state index >= 15 is 0 Å². The first-order valence-corrected chi connectivity index (χ1v) is 8.81. The second kappa shape index (κ2) is 10.2. The molecule has 1 atom stereocenters. The SMILES string of the molecule is Cc1ccc(S(=O)(=O)O)cc1.NC[C@@H](O)COCc1ccccc1. The van der Waals surface area contributed by atoms with E-state index in [1.807, 2.05) is 37.3 Å². The Balaban J connectivity index is 0.000000243. The van der Waals surface area contributed by atoms with Crippen molar-refractivity contribution in [3.8, 4) is 0 Å². The van der Waals surface area contributed by atoms with Gasteiger partial charge in [0.2, 0.25) is 0 Å². The predicted octanol–water partition coefficient (Wildman–Crippen LogP) is 1.76. The van der Waals surface area contributed by atoms with Crippen molar-refractivity contribution in [1.82, 2.24) is 0 Å². The first-order chi connectivity index (χ1) is 11.3. The Morgan fingerprint density at radius 3 is 2.17 bits per heavy atom. The van der Waals surface area contributed by atoms with E-state index in [4.69, 9.17) is 20.1 Å². The summed E-state index contributed by atoms with van der Waals surface area (Å²) < 4.78 is 34.8. The molecule has 0 amide bonds. The molecule has 0 aliphatic carbocycles. The summed E-state index contributed by atoms with van der Waals surface area (Å²) in [5, 5.41) is 9.09. The first-order valence-electron chi connectivity index (χ1n) is 7.37. The summed E-state index contributed by atoms with van der Waals surface area (Å²) in [6, 6.07) is 15.8. The molecule has 7 heteroatoms. The van der Waals surface area contributed by atoms with Gasteiger partial charge in [0.25, 0.3) is 10.1 Å². The molecule has 132 valence electrons. The predicted molar refractivity (Wildman–Crippen MR) is 92.2 cm³/mol. The summed E-state index contributed by atoms with van der Waals surface area (Å²) in [6.07, 6.45) is -0.552. The second-order valence-electron chi connectivity index (χ2n) is 5.18. The monoisotopic (exact) mass is 353 g/mol. The summed E-state index contributed by atoms with van der Waals surface area (Å²) in [5.74, 6) is 0. The molecule has 0 bridgehead atoms. The normalized spacial score (nSPS) is 12.2. The van der Waals surface area contributed by atoms with Gasteiger partial charge >= 0.3 is 0 Å². The topological polar surface area (TPSA) is 110 Å². The molecule has 0 saturated heterocycles. The van der Waals surface area contributed by atoms with E-state index in [0.29, 0.717) is 13.2 Å². The number of rotatable bonds is 6. The third-order valence-corrected chi connectivity index (χ3v) is 3.88. The van der Waals surface area contributed by atoms with E-state index in [1.165, 1.54) is 12.1 Å². The van der Waals surface area contributed by atoms with Crippen LogP contribution in [0.2, 0.25) is 0 Å². The van der Waals surface area contributed by atoms with E-state index in [-0.39, 0.29) is 11.4 Å². The molecule has 0 saturated carbocycles. The van der Waals surface area contributed by atoms with E-state index in [2.05, 4.69) is 0 Å². The molecule has 0 spiro atoms. The van der Waals surface area contributed by atoms with E-state index in [1.54, 1.807) is 12.1 Å². The molecule has 2 aromatic carbocycles. The number of aliphatic hydroxyl groups excluding tert-OH is 1. The molecule has 0 radical (unpaired) electrons. The summed E-state index contributed by atoms with van der Waals surface area (Å²) in [5.41, 5.74) is 7.28. The lowest BCUT2D eigenvalue weighted by atomic mass is 10.2. The first kappa shape index (κ1) is 20.3. The fourth-order valence-corrected chi connectivity index (χ4v) is 2.15. The highest BCUT2D eigenvalue weighted by atomic mass is 32.2. The van der Waals surface area contributed by atoms with Gasteiger partial charge in [0.05, 0.1) is 24.2 Å². The molecule has 0 heterocycles. The summed E-state index contributed by atoms with van der Waals surface area (Å²) in [6.45, 7) is 2.91. The van der Waals surface area contributed by atoms with Crippen molar-refractivity contribution < 1.29 is 22.8 Å². The van der Waals surface area contributed by atoms with E-state index < -0.39 is 16.2 Å². The lowest BCUT2D eigenvalue weighted by Gasteiger charge is -2.08. The van der Waals surface area contributed by atoms with Crippen molar-refractivity contribution in [2.24, 2.45) is 5.73 Å². The fourth-order valence-electron chi connectivity index (χ4n) is 1.67. The average molecular weight is 353 g/mol. The average Bonchev–Trinajstić information content (AvgIpc) is 2.56. The Hall–Kier alpha value is -1.77. The molecule has 0 aliphatic heterocycles. The molecule has 6 nitrogen and oxygen atoms in total. The highest BCUT2D eigenvalue weighted by molar-refractivity contribution is 7.85. The van der Waals surface area contributed by atoms with Crippen LogP contribution in [0.15, 0.2) is 59.5 Å². The van der Waals surface area contributed by atoms with Gasteiger partial charge in [0, 0.05) is 6.54 Å². The van der Waals surface area contributed by atoms with Gasteiger partial charge in [0.15, 0.2) is 0 Å². The molecule has 24 heavy (non-hydrogen) atoms. The van der Waals surface area contributed by atoms with Crippen LogP contribution in [0.1, 0.15) is 11.1 Å². The molecule has 2 aromatic rings. The molecule has 0 fully saturated rings. The van der Waals surface area contributed by atoms with Gasteiger partial charge < -0.3 is 15.6 Å². The van der Waals surface area contributed by atoms with Gasteiger partial charge in [-0.1, -0.05) is 48.0 Å². The summed E-state index contributed by atoms with van der Waals surface area (Å²) in [4.78, 5) is -0.0666. The highest BCUT2D eigenvalue weighted by Gasteiger charge is 2.06. The van der Waals surface area contributed by atoms with Gasteiger partial charge in [-0.25, -0.2) is 0 Å². The van der Waals surface area contributed by atoms with Crippen LogP contribution in [0.25, 0.3) is 0 Å². The fraction of sp³-hybridized carbons (Fsp3) is 0.294. The van der Waals surface area contributed by atoms with Crippen molar-refractivity contribution >= 4 is 10.1 Å². The number of benzene rings is 2. The summed E-state index contributed by atoms with van der Waals surface area (Å²) in [7, 11) is -4.02. The minimum Gasteiger partial charge on any atom is -0.389 e. The Morgan fingerprint density at radius 1 is 1.08 bits per heavy atom. The van der Waals surface area contributed by atoms with Crippen molar-refractivity contribution in [3.63, 3.8) is 0 Å². The van der Waals surface area contributed by atoms with Gasteiger partial charge in [-0.15, -0.1) is 0 Å². The maximum Gasteiger partial charge on any atom is 0.294 e. The zero-order chi connectivity index (χ0) is 18.0. The van der Waals surface area contributed by atoms with Crippen LogP contribution in [0, 0.1) is 6.92 Å². The van der Waals surface area contributed by atoms with Crippen LogP contribution in [0.3, 0.4) is 0 Å². The maximum absolute atomic E-state index is 10.5. The molecule has 0 aromatic heterocycles. The molecule has 0 unspecified atom stereocenters. The van der Waals surface area contributed by atoms with Gasteiger partial charge in [0.1, 0.15) is 0 Å². The van der Waals surface area contributed by atoms with Crippen molar-refractivity contribution in [1.29, 1.82) is 0 Å². The molecule has 0 aliphatic rings. The van der Waals surface area contributed by atoms with Crippen molar-refractivity contribution in [3.05, 3.63) is 65.7 Å². The number of hydrogen-bond donors (Lipinski definition) is 3. The van der Waals surface area contributed by atoms with Crippen LogP contribution >= 0.6 is 0 Å². The third kappa shape index (κ3) is 8.19. The zero-order valence-corrected chi connectivity index (χ0v) is 14.3. The maximum atomic E-state index is 10.5. The van der Waals surface area contributed by atoms with Crippen LogP contribution in [0.5, 0.6) is 0 Å². The molecule has 4 N–H and O–H groups in total. The Morgan fingerprint density at radius 2 is 1.67 bits per heavy atom. The van der Waals surface area contributed by atoms with Crippen LogP contribution in [0.4, 0.5) is 0 Å². The third-order valence-electron chi connectivity index (χ3n) is 3.01. The lowest BCUT2D eigenvalue weighted by molar-refractivity contribution is 0.0329. The van der Waals surface area contributed by atoms with Crippen molar-refractivity contribution in [2.45, 2.75) is 24.5 Å². The van der Waals surface area contributed by atoms with Gasteiger partial charge in [-0.2, -0.15) is 8.42 Å². The van der Waals surface area contributed by atoms with Crippen LogP contribution in [-0.2, 0) is 21.5 Å². The molecule has 2 rings (SSSR count). The Bertz CT molecular complexity index is 687. The minimum absolute atomic E-state index is 0.0666. The van der Waals surface area contributed by atoms with E-state index in [9.17, 15) is 8.42 Å². The highest BCUT2D eigenvalue weighted by Crippen LogP contribution is 2.08. The number of aliphatic hydroxyl groups is 1. The van der Waals surface area contributed by atoms with Gasteiger partial charge in [-0.3, -0.25) is 4.55 Å². The Labute approximate surface area is 142 Å². The molecular weight excluding hydrogens is 330 g/mol. The quantitative estimate of drug-likeness (QED) is 0.683. The number of nitrogens with two attached hydrogens (primary N) is 1. The largest absolute Gasteiger partial charge is 0.389 e. The molecular formula is C17H23NO5S. The Kier molecular flexibility index (Phi) is 8.59. The lowest BCUT2D eigenvalue weighted by Crippen LogP contribution is -2.24. The number of aryl methyl sites for hydroxylation is 1. The minimum atomic E-state index is -4.02. The summed E-state index contributed by atoms with van der Waals surface area (Å²) >= 11 is 0.